The van der Waals surface area contributed by atoms with Crippen LogP contribution in [0.5, 0.6) is 5.75 Å². The molecule has 0 radical (unpaired) electrons. The van der Waals surface area contributed by atoms with E-state index in [9.17, 15) is 0 Å². The quantitative estimate of drug-likeness (QED) is 0.736. The number of thiophene rings is 1. The van der Waals surface area contributed by atoms with Gasteiger partial charge in [0.2, 0.25) is 0 Å². The Morgan fingerprint density at radius 1 is 1.20 bits per heavy atom. The van der Waals surface area contributed by atoms with Crippen molar-refractivity contribution in [2.24, 2.45) is 0 Å². The van der Waals surface area contributed by atoms with Crippen molar-refractivity contribution in [2.45, 2.75) is 26.5 Å². The molecule has 106 valence electrons. The number of nitrogens with one attached hydrogen (secondary N) is 1. The molecule has 1 heterocycles. The topological polar surface area (TPSA) is 21.3 Å². The van der Waals surface area contributed by atoms with Crippen LogP contribution >= 0.6 is 11.3 Å². The molecule has 0 amide bonds. The van der Waals surface area contributed by atoms with Gasteiger partial charge in [-0.2, -0.15) is 0 Å². The van der Waals surface area contributed by atoms with Gasteiger partial charge in [0.15, 0.2) is 0 Å². The van der Waals surface area contributed by atoms with Gasteiger partial charge in [-0.05, 0) is 36.7 Å². The predicted molar refractivity (Wildman–Crippen MR) is 86.4 cm³/mol. The Bertz CT molecular complexity index is 547. The normalized spacial score (nSPS) is 10.4. The van der Waals surface area contributed by atoms with Crippen LogP contribution in [0, 0.1) is 0 Å². The largest absolute Gasteiger partial charge is 0.488 e. The Kier molecular flexibility index (Phi) is 5.84. The molecule has 1 aromatic carbocycles. The summed E-state index contributed by atoms with van der Waals surface area (Å²) in [6.45, 7) is 8.47. The number of hydrogen-bond acceptors (Lipinski definition) is 3. The Hall–Kier alpha value is -1.58. The average molecular weight is 287 g/mol. The number of hydrogen-bond donors (Lipinski definition) is 1. The molecule has 0 atom stereocenters. The molecule has 2 rings (SSSR count). The van der Waals surface area contributed by atoms with Crippen molar-refractivity contribution in [1.29, 1.82) is 0 Å². The second kappa shape index (κ2) is 7.88. The maximum Gasteiger partial charge on any atom is 0.123 e. The van der Waals surface area contributed by atoms with E-state index in [2.05, 4.69) is 37.0 Å². The lowest BCUT2D eigenvalue weighted by Crippen LogP contribution is -2.10. The molecule has 0 aliphatic heterocycles. The van der Waals surface area contributed by atoms with Crippen molar-refractivity contribution in [3.05, 3.63) is 64.4 Å². The number of ether oxygens (including phenoxy) is 1. The van der Waals surface area contributed by atoms with Crippen LogP contribution in [-0.4, -0.2) is 6.54 Å². The molecule has 0 bridgehead atoms. The van der Waals surface area contributed by atoms with Crippen LogP contribution in [-0.2, 0) is 19.6 Å². The summed E-state index contributed by atoms with van der Waals surface area (Å²) in [6.07, 6.45) is 2.74. The van der Waals surface area contributed by atoms with E-state index in [0.29, 0.717) is 6.61 Å². The maximum atomic E-state index is 5.94. The summed E-state index contributed by atoms with van der Waals surface area (Å²) in [4.78, 5) is 2.61. The van der Waals surface area contributed by atoms with Crippen molar-refractivity contribution in [1.82, 2.24) is 5.32 Å². The first-order valence-corrected chi connectivity index (χ1v) is 7.75. The summed E-state index contributed by atoms with van der Waals surface area (Å²) in [6, 6.07) is 12.5. The van der Waals surface area contributed by atoms with Gasteiger partial charge in [-0.15, -0.1) is 17.9 Å². The summed E-state index contributed by atoms with van der Waals surface area (Å²) < 4.78 is 5.94. The Balaban J connectivity index is 1.94. The zero-order valence-electron chi connectivity index (χ0n) is 11.9. The molecule has 0 saturated heterocycles. The van der Waals surface area contributed by atoms with Crippen molar-refractivity contribution in [3.8, 4) is 5.75 Å². The van der Waals surface area contributed by atoms with Gasteiger partial charge in [-0.1, -0.05) is 31.2 Å². The Morgan fingerprint density at radius 2 is 2.00 bits per heavy atom. The minimum atomic E-state index is 0.630. The van der Waals surface area contributed by atoms with Crippen LogP contribution in [0.25, 0.3) is 0 Å². The fourth-order valence-electron chi connectivity index (χ4n) is 1.96. The van der Waals surface area contributed by atoms with Gasteiger partial charge < -0.3 is 10.1 Å². The van der Waals surface area contributed by atoms with Crippen molar-refractivity contribution < 1.29 is 4.74 Å². The smallest absolute Gasteiger partial charge is 0.123 e. The van der Waals surface area contributed by atoms with Crippen LogP contribution in [0.15, 0.2) is 49.1 Å². The monoisotopic (exact) mass is 287 g/mol. The van der Waals surface area contributed by atoms with Gasteiger partial charge in [-0.3, -0.25) is 0 Å². The molecule has 0 aliphatic carbocycles. The highest BCUT2D eigenvalue weighted by Crippen LogP contribution is 2.22. The Morgan fingerprint density at radius 3 is 2.80 bits per heavy atom. The van der Waals surface area contributed by atoms with E-state index in [1.54, 1.807) is 11.3 Å². The fourth-order valence-corrected chi connectivity index (χ4v) is 2.86. The second-order valence-electron chi connectivity index (χ2n) is 4.54. The highest BCUT2D eigenvalue weighted by atomic mass is 32.1. The third-order valence-electron chi connectivity index (χ3n) is 2.97. The van der Waals surface area contributed by atoms with Crippen LogP contribution in [0.2, 0.25) is 0 Å². The first-order chi connectivity index (χ1) is 9.83. The third kappa shape index (κ3) is 4.22. The van der Waals surface area contributed by atoms with Crippen molar-refractivity contribution >= 4 is 11.3 Å². The van der Waals surface area contributed by atoms with Gasteiger partial charge in [0.1, 0.15) is 12.4 Å². The Labute approximate surface area is 125 Å². The zero-order chi connectivity index (χ0) is 14.2. The molecule has 0 spiro atoms. The summed E-state index contributed by atoms with van der Waals surface area (Å²) in [5.41, 5.74) is 1.19. The molecule has 3 heteroatoms. The molecule has 1 aromatic heterocycles. The van der Waals surface area contributed by atoms with Crippen LogP contribution in [0.3, 0.4) is 0 Å². The minimum absolute atomic E-state index is 0.630. The van der Waals surface area contributed by atoms with Crippen LogP contribution < -0.4 is 10.1 Å². The van der Waals surface area contributed by atoms with Gasteiger partial charge >= 0.3 is 0 Å². The summed E-state index contributed by atoms with van der Waals surface area (Å²) in [5.74, 6) is 0.953. The summed E-state index contributed by atoms with van der Waals surface area (Å²) in [7, 11) is 0. The molecule has 2 aromatic rings. The molecule has 0 unspecified atom stereocenters. The van der Waals surface area contributed by atoms with Gasteiger partial charge in [0.05, 0.1) is 0 Å². The van der Waals surface area contributed by atoms with E-state index in [1.165, 1.54) is 15.3 Å². The first kappa shape index (κ1) is 14.8. The highest BCUT2D eigenvalue weighted by Gasteiger charge is 2.04. The molecule has 0 aliphatic rings. The highest BCUT2D eigenvalue weighted by molar-refractivity contribution is 7.11. The summed E-state index contributed by atoms with van der Waals surface area (Å²) >= 11 is 1.80. The lowest BCUT2D eigenvalue weighted by molar-refractivity contribution is 0.307. The SMILES string of the molecule is C=CCc1ccccc1OCc1ccc(CNCC)s1. The second-order valence-corrected chi connectivity index (χ2v) is 5.79. The van der Waals surface area contributed by atoms with Gasteiger partial charge in [-0.25, -0.2) is 0 Å². The molecular formula is C17H21NOS. The minimum Gasteiger partial charge on any atom is -0.488 e. The fraction of sp³-hybridized carbons (Fsp3) is 0.294. The number of allylic oxidation sites excluding steroid dienone is 1. The van der Waals surface area contributed by atoms with Crippen molar-refractivity contribution in [3.63, 3.8) is 0 Å². The predicted octanol–water partition coefficient (Wildman–Crippen LogP) is 4.17. The average Bonchev–Trinajstić information content (AvgIpc) is 2.92. The van der Waals surface area contributed by atoms with E-state index in [4.69, 9.17) is 4.74 Å². The van der Waals surface area contributed by atoms with E-state index in [-0.39, 0.29) is 0 Å². The molecule has 1 N–H and O–H groups in total. The zero-order valence-corrected chi connectivity index (χ0v) is 12.7. The van der Waals surface area contributed by atoms with Crippen molar-refractivity contribution in [2.75, 3.05) is 6.54 Å². The summed E-state index contributed by atoms with van der Waals surface area (Å²) in [5, 5.41) is 3.34. The van der Waals surface area contributed by atoms with E-state index < -0.39 is 0 Å². The molecular weight excluding hydrogens is 266 g/mol. The maximum absolute atomic E-state index is 5.94. The molecule has 0 fully saturated rings. The van der Waals surface area contributed by atoms with Gasteiger partial charge in [0.25, 0.3) is 0 Å². The standard InChI is InChI=1S/C17H21NOS/c1-3-7-14-8-5-6-9-17(14)19-13-16-11-10-15(20-16)12-18-4-2/h3,5-6,8-11,18H,1,4,7,12-13H2,2H3. The molecule has 20 heavy (non-hydrogen) atoms. The number of para-hydroxylation sites is 1. The number of benzene rings is 1. The number of rotatable bonds is 8. The molecule has 2 nitrogen and oxygen atoms in total. The lowest BCUT2D eigenvalue weighted by atomic mass is 10.1. The third-order valence-corrected chi connectivity index (χ3v) is 4.03. The molecule has 0 saturated carbocycles. The van der Waals surface area contributed by atoms with Crippen LogP contribution in [0.1, 0.15) is 22.2 Å². The van der Waals surface area contributed by atoms with Crippen LogP contribution in [0.4, 0.5) is 0 Å². The van der Waals surface area contributed by atoms with E-state index in [1.807, 2.05) is 24.3 Å². The van der Waals surface area contributed by atoms with E-state index in [0.717, 1.165) is 25.3 Å². The van der Waals surface area contributed by atoms with E-state index >= 15 is 0 Å². The lowest BCUT2D eigenvalue weighted by Gasteiger charge is -2.09. The first-order valence-electron chi connectivity index (χ1n) is 6.93. The van der Waals surface area contributed by atoms with Gasteiger partial charge in [0, 0.05) is 16.3 Å².